The van der Waals surface area contributed by atoms with Crippen LogP contribution in [0.3, 0.4) is 0 Å². The molecule has 3 unspecified atom stereocenters. The lowest BCUT2D eigenvalue weighted by atomic mass is 9.86. The molecule has 2 aromatic rings. The number of benzene rings is 2. The van der Waals surface area contributed by atoms with E-state index in [9.17, 15) is 4.21 Å². The van der Waals surface area contributed by atoms with E-state index >= 15 is 0 Å². The molecule has 168 valence electrons. The SMILES string of the molecule is C=CNCCc1cc(OC)c(OC)cc1C(CCC1CNc2ccccc21)CS(C)=O. The largest absolute Gasteiger partial charge is 0.493 e. The summed E-state index contributed by atoms with van der Waals surface area (Å²) in [6.45, 7) is 5.49. The highest BCUT2D eigenvalue weighted by Gasteiger charge is 2.25. The third kappa shape index (κ3) is 5.82. The molecule has 0 radical (unpaired) electrons. The standard InChI is InChI=1S/C25H34N2O3S/c1-5-26-13-12-18-14-24(29-2)25(30-3)15-22(18)20(17-31(4)28)11-10-19-16-27-23-9-7-6-8-21(19)23/h5-9,14-15,19-20,26-27H,1,10-13,16-17H2,2-4H3. The molecule has 0 amide bonds. The molecule has 5 nitrogen and oxygen atoms in total. The van der Waals surface area contributed by atoms with Gasteiger partial charge in [-0.1, -0.05) is 24.8 Å². The van der Waals surface area contributed by atoms with E-state index in [1.165, 1.54) is 22.4 Å². The van der Waals surface area contributed by atoms with E-state index in [1.807, 2.05) is 0 Å². The molecule has 1 aliphatic rings. The van der Waals surface area contributed by atoms with Crippen LogP contribution in [0.1, 0.15) is 41.4 Å². The predicted octanol–water partition coefficient (Wildman–Crippen LogP) is 4.43. The lowest BCUT2D eigenvalue weighted by Gasteiger charge is -2.23. The Bertz CT molecular complexity index is 916. The van der Waals surface area contributed by atoms with Gasteiger partial charge in [-0.05, 0) is 66.3 Å². The molecular formula is C25H34N2O3S. The lowest BCUT2D eigenvalue weighted by molar-refractivity contribution is 0.353. The van der Waals surface area contributed by atoms with E-state index in [0.29, 0.717) is 11.7 Å². The minimum Gasteiger partial charge on any atom is -0.493 e. The summed E-state index contributed by atoms with van der Waals surface area (Å²) in [5, 5.41) is 6.70. The van der Waals surface area contributed by atoms with Crippen molar-refractivity contribution in [1.29, 1.82) is 0 Å². The molecule has 1 heterocycles. The van der Waals surface area contributed by atoms with E-state index in [-0.39, 0.29) is 5.92 Å². The Hall–Kier alpha value is -2.47. The zero-order valence-corrected chi connectivity index (χ0v) is 19.6. The van der Waals surface area contributed by atoms with E-state index < -0.39 is 10.8 Å². The van der Waals surface area contributed by atoms with Gasteiger partial charge in [0, 0.05) is 47.5 Å². The van der Waals surface area contributed by atoms with Crippen LogP contribution >= 0.6 is 0 Å². The van der Waals surface area contributed by atoms with Gasteiger partial charge in [-0.3, -0.25) is 4.21 Å². The number of ether oxygens (including phenoxy) is 2. The van der Waals surface area contributed by atoms with Crippen LogP contribution in [0.25, 0.3) is 0 Å². The minimum atomic E-state index is -0.895. The third-order valence-corrected chi connectivity index (χ3v) is 6.88. The van der Waals surface area contributed by atoms with Crippen LogP contribution in [0.5, 0.6) is 11.5 Å². The number of rotatable bonds is 12. The monoisotopic (exact) mass is 442 g/mol. The van der Waals surface area contributed by atoms with Crippen molar-refractivity contribution in [2.24, 2.45) is 0 Å². The van der Waals surface area contributed by atoms with Crippen molar-refractivity contribution in [1.82, 2.24) is 5.32 Å². The molecule has 3 rings (SSSR count). The van der Waals surface area contributed by atoms with Gasteiger partial charge in [-0.15, -0.1) is 0 Å². The summed E-state index contributed by atoms with van der Waals surface area (Å²) in [4.78, 5) is 0. The van der Waals surface area contributed by atoms with E-state index in [0.717, 1.165) is 43.9 Å². The van der Waals surface area contributed by atoms with Crippen LogP contribution in [0, 0.1) is 0 Å². The number of hydrogen-bond acceptors (Lipinski definition) is 5. The zero-order chi connectivity index (χ0) is 22.2. The van der Waals surface area contributed by atoms with Gasteiger partial charge in [-0.2, -0.15) is 0 Å². The number of para-hydroxylation sites is 1. The van der Waals surface area contributed by atoms with E-state index in [2.05, 4.69) is 53.6 Å². The first-order chi connectivity index (χ1) is 15.1. The van der Waals surface area contributed by atoms with Gasteiger partial charge in [0.2, 0.25) is 0 Å². The van der Waals surface area contributed by atoms with Crippen molar-refractivity contribution in [2.75, 3.05) is 44.6 Å². The van der Waals surface area contributed by atoms with Gasteiger partial charge >= 0.3 is 0 Å². The van der Waals surface area contributed by atoms with Crippen LogP contribution < -0.4 is 20.1 Å². The second-order valence-corrected chi connectivity index (χ2v) is 9.47. The summed E-state index contributed by atoms with van der Waals surface area (Å²) in [5.41, 5.74) is 5.04. The normalized spacial score (nSPS) is 16.7. The Balaban J connectivity index is 1.87. The highest BCUT2D eigenvalue weighted by molar-refractivity contribution is 7.84. The van der Waals surface area contributed by atoms with Crippen LogP contribution in [0.15, 0.2) is 49.2 Å². The van der Waals surface area contributed by atoms with Gasteiger partial charge in [0.05, 0.1) is 14.2 Å². The average Bonchev–Trinajstić information content (AvgIpc) is 3.19. The molecule has 0 bridgehead atoms. The van der Waals surface area contributed by atoms with Gasteiger partial charge in [-0.25, -0.2) is 0 Å². The van der Waals surface area contributed by atoms with Gasteiger partial charge in [0.15, 0.2) is 11.5 Å². The predicted molar refractivity (Wildman–Crippen MR) is 130 cm³/mol. The number of anilines is 1. The van der Waals surface area contributed by atoms with E-state index in [1.54, 1.807) is 26.7 Å². The maximum absolute atomic E-state index is 12.3. The quantitative estimate of drug-likeness (QED) is 0.476. The molecule has 0 aliphatic carbocycles. The maximum atomic E-state index is 12.3. The Morgan fingerprint density at radius 3 is 2.71 bits per heavy atom. The number of fused-ring (bicyclic) bond motifs is 1. The first-order valence-corrected chi connectivity index (χ1v) is 12.5. The molecule has 0 fully saturated rings. The van der Waals surface area contributed by atoms with Crippen LogP contribution in [-0.4, -0.2) is 43.5 Å². The smallest absolute Gasteiger partial charge is 0.161 e. The zero-order valence-electron chi connectivity index (χ0n) is 18.8. The topological polar surface area (TPSA) is 59.6 Å². The Morgan fingerprint density at radius 2 is 2.00 bits per heavy atom. The second-order valence-electron chi connectivity index (χ2n) is 7.99. The van der Waals surface area contributed by atoms with Gasteiger partial charge in [0.25, 0.3) is 0 Å². The van der Waals surface area contributed by atoms with Crippen molar-refractivity contribution >= 4 is 16.5 Å². The van der Waals surface area contributed by atoms with Crippen LogP contribution in [0.4, 0.5) is 5.69 Å². The van der Waals surface area contributed by atoms with Crippen molar-refractivity contribution in [3.63, 3.8) is 0 Å². The second kappa shape index (κ2) is 11.2. The molecular weight excluding hydrogens is 408 g/mol. The molecule has 0 aromatic heterocycles. The molecule has 2 aromatic carbocycles. The van der Waals surface area contributed by atoms with E-state index in [4.69, 9.17) is 9.47 Å². The first kappa shape index (κ1) is 23.2. The summed E-state index contributed by atoms with van der Waals surface area (Å²) >= 11 is 0. The Morgan fingerprint density at radius 1 is 1.26 bits per heavy atom. The first-order valence-electron chi connectivity index (χ1n) is 10.8. The van der Waals surface area contributed by atoms with Gasteiger partial charge < -0.3 is 20.1 Å². The highest BCUT2D eigenvalue weighted by Crippen LogP contribution is 2.39. The summed E-state index contributed by atoms with van der Waals surface area (Å²) in [6.07, 6.45) is 6.35. The van der Waals surface area contributed by atoms with Crippen molar-refractivity contribution in [3.05, 3.63) is 65.9 Å². The number of hydrogen-bond donors (Lipinski definition) is 2. The lowest BCUT2D eigenvalue weighted by Crippen LogP contribution is -2.16. The molecule has 0 spiro atoms. The third-order valence-electron chi connectivity index (χ3n) is 6.01. The summed E-state index contributed by atoms with van der Waals surface area (Å²) in [5.74, 6) is 2.76. The summed E-state index contributed by atoms with van der Waals surface area (Å²) < 4.78 is 23.4. The van der Waals surface area contributed by atoms with Gasteiger partial charge in [0.1, 0.15) is 0 Å². The number of nitrogens with one attached hydrogen (secondary N) is 2. The molecule has 2 N–H and O–H groups in total. The fraction of sp³-hybridized carbons (Fsp3) is 0.440. The van der Waals surface area contributed by atoms with Crippen molar-refractivity contribution in [2.45, 2.75) is 31.1 Å². The fourth-order valence-electron chi connectivity index (χ4n) is 4.47. The molecule has 3 atom stereocenters. The van der Waals surface area contributed by atoms with Crippen molar-refractivity contribution in [3.8, 4) is 11.5 Å². The number of methoxy groups -OCH3 is 2. The molecule has 31 heavy (non-hydrogen) atoms. The summed E-state index contributed by atoms with van der Waals surface area (Å²) in [6, 6.07) is 12.7. The molecule has 0 saturated heterocycles. The van der Waals surface area contributed by atoms with Crippen LogP contribution in [0.2, 0.25) is 0 Å². The fourth-order valence-corrected chi connectivity index (χ4v) is 5.38. The highest BCUT2D eigenvalue weighted by atomic mass is 32.2. The van der Waals surface area contributed by atoms with Crippen molar-refractivity contribution < 1.29 is 13.7 Å². The summed E-state index contributed by atoms with van der Waals surface area (Å²) in [7, 11) is 2.43. The Labute approximate surface area is 188 Å². The Kier molecular flexibility index (Phi) is 8.41. The molecule has 0 saturated carbocycles. The average molecular weight is 443 g/mol. The molecule has 1 aliphatic heterocycles. The maximum Gasteiger partial charge on any atom is 0.161 e. The molecule has 6 heteroatoms. The minimum absolute atomic E-state index is 0.192. The van der Waals surface area contributed by atoms with Crippen LogP contribution in [-0.2, 0) is 17.2 Å².